The Hall–Kier alpha value is -1.63. The van der Waals surface area contributed by atoms with Crippen LogP contribution in [0.25, 0.3) is 0 Å². The molecule has 164 valence electrons. The first-order valence-electron chi connectivity index (χ1n) is 10.5. The molecule has 1 saturated carbocycles. The number of carbonyl (C=O) groups excluding carboxylic acids is 1. The minimum Gasteiger partial charge on any atom is -0.457 e. The van der Waals surface area contributed by atoms with E-state index in [2.05, 4.69) is 10.2 Å². The van der Waals surface area contributed by atoms with Gasteiger partial charge in [-0.15, -0.1) is 0 Å². The van der Waals surface area contributed by atoms with E-state index in [-0.39, 0.29) is 12.8 Å². The summed E-state index contributed by atoms with van der Waals surface area (Å²) in [6.07, 6.45) is 4.80. The Balaban J connectivity index is 2.19. The molecule has 1 aliphatic rings. The number of hydrogen-bond donors (Lipinski definition) is 2. The molecule has 6 nitrogen and oxygen atoms in total. The third-order valence-electron chi connectivity index (χ3n) is 5.83. The number of ether oxygens (including phenoxy) is 2. The van der Waals surface area contributed by atoms with E-state index in [1.807, 2.05) is 66.2 Å². The van der Waals surface area contributed by atoms with Crippen molar-refractivity contribution in [2.75, 3.05) is 34.5 Å². The van der Waals surface area contributed by atoms with E-state index in [1.165, 1.54) is 6.42 Å². The van der Waals surface area contributed by atoms with Gasteiger partial charge in [0.1, 0.15) is 5.75 Å². The number of carbonyl (C=O) groups is 1. The van der Waals surface area contributed by atoms with E-state index in [4.69, 9.17) is 9.47 Å². The number of esters is 1. The second kappa shape index (κ2) is 9.45. The summed E-state index contributed by atoms with van der Waals surface area (Å²) in [4.78, 5) is 14.0. The van der Waals surface area contributed by atoms with Crippen LogP contribution in [0.3, 0.4) is 0 Å². The maximum atomic E-state index is 11.8. The van der Waals surface area contributed by atoms with Crippen molar-refractivity contribution in [2.45, 2.75) is 64.0 Å². The molecular formula is C23H38N2O4. The lowest BCUT2D eigenvalue weighted by atomic mass is 9.67. The zero-order valence-corrected chi connectivity index (χ0v) is 18.9. The molecule has 0 spiro atoms. The molecule has 1 atom stereocenters. The lowest BCUT2D eigenvalue weighted by Crippen LogP contribution is -2.64. The predicted molar refractivity (Wildman–Crippen MR) is 115 cm³/mol. The summed E-state index contributed by atoms with van der Waals surface area (Å²) in [6, 6.07) is 7.73. The Labute approximate surface area is 175 Å². The molecule has 0 saturated heterocycles. The van der Waals surface area contributed by atoms with Gasteiger partial charge in [0.25, 0.3) is 0 Å². The second-order valence-corrected chi connectivity index (χ2v) is 9.45. The molecule has 1 aromatic rings. The highest BCUT2D eigenvalue weighted by Gasteiger charge is 2.51. The van der Waals surface area contributed by atoms with Crippen molar-refractivity contribution in [3.05, 3.63) is 29.8 Å². The van der Waals surface area contributed by atoms with Crippen LogP contribution in [0, 0.1) is 5.41 Å². The zero-order valence-electron chi connectivity index (χ0n) is 18.9. The van der Waals surface area contributed by atoms with E-state index in [0.717, 1.165) is 31.2 Å². The van der Waals surface area contributed by atoms with Gasteiger partial charge < -0.3 is 24.8 Å². The summed E-state index contributed by atoms with van der Waals surface area (Å²) in [6.45, 7) is 5.99. The summed E-state index contributed by atoms with van der Waals surface area (Å²) in [5.74, 6) is 0.328. The Morgan fingerprint density at radius 1 is 1.14 bits per heavy atom. The molecule has 0 heterocycles. The van der Waals surface area contributed by atoms with Gasteiger partial charge in [-0.25, -0.2) is 0 Å². The van der Waals surface area contributed by atoms with Crippen LogP contribution in [0.15, 0.2) is 24.3 Å². The second-order valence-electron chi connectivity index (χ2n) is 9.45. The van der Waals surface area contributed by atoms with Crippen molar-refractivity contribution in [3.63, 3.8) is 0 Å². The average Bonchev–Trinajstić information content (AvgIpc) is 2.66. The van der Waals surface area contributed by atoms with Gasteiger partial charge in [0.15, 0.2) is 0 Å². The smallest absolute Gasteiger partial charge is 0.314 e. The Bertz CT molecular complexity index is 660. The monoisotopic (exact) mass is 406 g/mol. The minimum atomic E-state index is -0.811. The maximum Gasteiger partial charge on any atom is 0.314 e. The maximum absolute atomic E-state index is 11.8. The number of aliphatic hydroxyl groups is 1. The summed E-state index contributed by atoms with van der Waals surface area (Å²) in [5.41, 5.74) is -0.915. The number of rotatable bonds is 8. The number of hydrogen-bond acceptors (Lipinski definition) is 6. The third kappa shape index (κ3) is 5.50. The molecule has 0 aromatic heterocycles. The molecule has 0 aliphatic heterocycles. The fourth-order valence-corrected chi connectivity index (χ4v) is 4.20. The van der Waals surface area contributed by atoms with Crippen LogP contribution in [0.4, 0.5) is 0 Å². The topological polar surface area (TPSA) is 71.0 Å². The molecule has 0 amide bonds. The van der Waals surface area contributed by atoms with Gasteiger partial charge in [-0.1, -0.05) is 31.4 Å². The molecule has 0 bridgehead atoms. The predicted octanol–water partition coefficient (Wildman–Crippen LogP) is 3.28. The average molecular weight is 407 g/mol. The van der Waals surface area contributed by atoms with Crippen molar-refractivity contribution >= 4 is 5.97 Å². The van der Waals surface area contributed by atoms with Gasteiger partial charge in [-0.05, 0) is 72.5 Å². The SMILES string of the molecule is CNC(CN(C)C)(c1ccc(OCOC(=O)C(C)(C)C)cc1)C1(O)CCCCC1. The van der Waals surface area contributed by atoms with E-state index in [1.54, 1.807) is 0 Å². The first-order chi connectivity index (χ1) is 13.5. The van der Waals surface area contributed by atoms with Gasteiger partial charge in [0, 0.05) is 6.54 Å². The zero-order chi connectivity index (χ0) is 21.7. The lowest BCUT2D eigenvalue weighted by molar-refractivity contribution is -0.159. The van der Waals surface area contributed by atoms with E-state index in [9.17, 15) is 9.90 Å². The van der Waals surface area contributed by atoms with Crippen LogP contribution < -0.4 is 10.1 Å². The van der Waals surface area contributed by atoms with Crippen molar-refractivity contribution in [3.8, 4) is 5.75 Å². The van der Waals surface area contributed by atoms with Gasteiger partial charge in [0.05, 0.1) is 16.6 Å². The van der Waals surface area contributed by atoms with Gasteiger partial charge in [-0.3, -0.25) is 4.79 Å². The number of nitrogens with one attached hydrogen (secondary N) is 1. The van der Waals surface area contributed by atoms with Crippen LogP contribution in [-0.2, 0) is 15.1 Å². The van der Waals surface area contributed by atoms with Crippen LogP contribution in [0.2, 0.25) is 0 Å². The fourth-order valence-electron chi connectivity index (χ4n) is 4.20. The number of nitrogens with zero attached hydrogens (tertiary/aromatic N) is 1. The van der Waals surface area contributed by atoms with Crippen LogP contribution in [0.1, 0.15) is 58.4 Å². The lowest BCUT2D eigenvalue weighted by Gasteiger charge is -2.51. The Kier molecular flexibility index (Phi) is 7.71. The molecule has 0 radical (unpaired) electrons. The van der Waals surface area contributed by atoms with E-state index < -0.39 is 16.6 Å². The highest BCUT2D eigenvalue weighted by Crippen LogP contribution is 2.43. The van der Waals surface area contributed by atoms with Crippen molar-refractivity contribution in [2.24, 2.45) is 5.41 Å². The standard InChI is InChI=1S/C23H38N2O4/c1-21(2,3)20(26)29-17-28-19-12-10-18(11-13-19)23(24-4,16-25(5)6)22(27)14-8-7-9-15-22/h10-13,24,27H,7-9,14-17H2,1-6H3. The molecule has 2 N–H and O–H groups in total. The Morgan fingerprint density at radius 2 is 1.72 bits per heavy atom. The molecular weight excluding hydrogens is 368 g/mol. The number of benzene rings is 1. The summed E-state index contributed by atoms with van der Waals surface area (Å²) in [7, 11) is 5.98. The molecule has 1 fully saturated rings. The summed E-state index contributed by atoms with van der Waals surface area (Å²) >= 11 is 0. The van der Waals surface area contributed by atoms with Gasteiger partial charge >= 0.3 is 5.97 Å². The molecule has 1 aromatic carbocycles. The van der Waals surface area contributed by atoms with Crippen molar-refractivity contribution < 1.29 is 19.4 Å². The van der Waals surface area contributed by atoms with Crippen LogP contribution >= 0.6 is 0 Å². The van der Waals surface area contributed by atoms with Gasteiger partial charge in [0.2, 0.25) is 6.79 Å². The molecule has 1 aliphatic carbocycles. The summed E-state index contributed by atoms with van der Waals surface area (Å²) in [5, 5.41) is 15.1. The van der Waals surface area contributed by atoms with E-state index in [0.29, 0.717) is 12.3 Å². The quantitative estimate of drug-likeness (QED) is 0.510. The first kappa shape index (κ1) is 23.6. The van der Waals surface area contributed by atoms with Crippen molar-refractivity contribution in [1.82, 2.24) is 10.2 Å². The highest BCUT2D eigenvalue weighted by molar-refractivity contribution is 5.75. The summed E-state index contributed by atoms with van der Waals surface area (Å²) < 4.78 is 10.8. The molecule has 29 heavy (non-hydrogen) atoms. The van der Waals surface area contributed by atoms with Crippen LogP contribution in [0.5, 0.6) is 5.75 Å². The Morgan fingerprint density at radius 3 is 2.21 bits per heavy atom. The largest absolute Gasteiger partial charge is 0.457 e. The number of likely N-dealkylation sites (N-methyl/N-ethyl adjacent to an activating group) is 2. The minimum absolute atomic E-state index is 0.117. The van der Waals surface area contributed by atoms with Gasteiger partial charge in [-0.2, -0.15) is 0 Å². The molecule has 6 heteroatoms. The van der Waals surface area contributed by atoms with Crippen molar-refractivity contribution in [1.29, 1.82) is 0 Å². The normalized spacial score (nSPS) is 18.9. The van der Waals surface area contributed by atoms with E-state index >= 15 is 0 Å². The molecule has 1 unspecified atom stereocenters. The first-order valence-corrected chi connectivity index (χ1v) is 10.5. The highest BCUT2D eigenvalue weighted by atomic mass is 16.7. The van der Waals surface area contributed by atoms with Crippen LogP contribution in [-0.4, -0.2) is 56.1 Å². The fraction of sp³-hybridized carbons (Fsp3) is 0.696. The molecule has 2 rings (SSSR count). The third-order valence-corrected chi connectivity index (χ3v) is 5.83.